The highest BCUT2D eigenvalue weighted by Gasteiger charge is 2.22. The molecule has 0 spiro atoms. The molecule has 2 aromatic rings. The number of imidazole rings is 1. The van der Waals surface area contributed by atoms with E-state index >= 15 is 0 Å². The molecule has 0 saturated carbocycles. The zero-order valence-corrected chi connectivity index (χ0v) is 11.8. The number of fused-ring (bicyclic) bond motifs is 1. The number of ether oxygens (including phenoxy) is 1. The van der Waals surface area contributed by atoms with Crippen LogP contribution in [0.4, 0.5) is 0 Å². The smallest absolute Gasteiger partial charge is 0.122 e. The zero-order chi connectivity index (χ0) is 13.8. The first kappa shape index (κ1) is 13.3. The molecule has 1 aliphatic rings. The van der Waals surface area contributed by atoms with Crippen molar-refractivity contribution in [3.05, 3.63) is 48.3 Å². The van der Waals surface area contributed by atoms with Gasteiger partial charge >= 0.3 is 0 Å². The first-order valence-corrected chi connectivity index (χ1v) is 6.95. The molecule has 0 fully saturated rings. The van der Waals surface area contributed by atoms with Crippen molar-refractivity contribution in [2.24, 2.45) is 5.92 Å². The van der Waals surface area contributed by atoms with E-state index in [4.69, 9.17) is 4.74 Å². The van der Waals surface area contributed by atoms with E-state index in [1.165, 1.54) is 5.56 Å². The normalized spacial score (nSPS) is 19.6. The molecule has 5 nitrogen and oxygen atoms in total. The Kier molecular flexibility index (Phi) is 4.08. The Morgan fingerprint density at radius 3 is 3.10 bits per heavy atom. The van der Waals surface area contributed by atoms with Crippen molar-refractivity contribution in [3.63, 3.8) is 0 Å². The first-order chi connectivity index (χ1) is 9.85. The lowest BCUT2D eigenvalue weighted by Gasteiger charge is -2.23. The summed E-state index contributed by atoms with van der Waals surface area (Å²) in [6, 6.07) is 4.11. The maximum absolute atomic E-state index is 5.35. The van der Waals surface area contributed by atoms with Gasteiger partial charge in [0.1, 0.15) is 5.82 Å². The van der Waals surface area contributed by atoms with Crippen LogP contribution in [0.2, 0.25) is 0 Å². The van der Waals surface area contributed by atoms with E-state index in [9.17, 15) is 0 Å². The average Bonchev–Trinajstić information content (AvgIpc) is 2.81. The number of nitrogens with zero attached hydrogens (tertiary/aromatic N) is 4. The molecule has 2 aromatic heterocycles. The van der Waals surface area contributed by atoms with E-state index in [1.807, 2.05) is 24.7 Å². The summed E-state index contributed by atoms with van der Waals surface area (Å²) in [5.74, 6) is 1.62. The van der Waals surface area contributed by atoms with Crippen LogP contribution in [0.1, 0.15) is 11.4 Å². The summed E-state index contributed by atoms with van der Waals surface area (Å²) in [6.45, 7) is 4.56. The monoisotopic (exact) mass is 272 g/mol. The molecule has 5 heteroatoms. The molecule has 3 heterocycles. The van der Waals surface area contributed by atoms with Crippen molar-refractivity contribution in [2.75, 3.05) is 20.3 Å². The minimum Gasteiger partial charge on any atom is -0.384 e. The molecule has 1 unspecified atom stereocenters. The fraction of sp³-hybridized carbons (Fsp3) is 0.467. The summed E-state index contributed by atoms with van der Waals surface area (Å²) in [6.07, 6.45) is 7.69. The number of hydrogen-bond donors (Lipinski definition) is 0. The van der Waals surface area contributed by atoms with E-state index in [1.54, 1.807) is 7.11 Å². The topological polar surface area (TPSA) is 43.2 Å². The van der Waals surface area contributed by atoms with Gasteiger partial charge in [-0.05, 0) is 11.6 Å². The van der Waals surface area contributed by atoms with Crippen molar-refractivity contribution in [2.45, 2.75) is 19.6 Å². The number of rotatable bonds is 4. The standard InChI is InChI=1S/C15H20N4O/c1-20-12-14-9-18(8-13-3-2-4-16-7-13)11-15-17-5-6-19(15)10-14/h2-7,14H,8-12H2,1H3. The van der Waals surface area contributed by atoms with Crippen LogP contribution in [0, 0.1) is 5.92 Å². The van der Waals surface area contributed by atoms with Crippen molar-refractivity contribution in [1.82, 2.24) is 19.4 Å². The molecular formula is C15H20N4O. The number of methoxy groups -OCH3 is 1. The molecule has 0 radical (unpaired) electrons. The quantitative estimate of drug-likeness (QED) is 0.847. The van der Waals surface area contributed by atoms with Crippen LogP contribution in [0.25, 0.3) is 0 Å². The SMILES string of the molecule is COCC1CN(Cc2cccnc2)Cc2nccn2C1. The van der Waals surface area contributed by atoms with Gasteiger partial charge in [-0.3, -0.25) is 9.88 Å². The second kappa shape index (κ2) is 6.15. The average molecular weight is 272 g/mol. The second-order valence-electron chi connectivity index (χ2n) is 5.35. The highest BCUT2D eigenvalue weighted by molar-refractivity contribution is 5.08. The summed E-state index contributed by atoms with van der Waals surface area (Å²) in [7, 11) is 1.77. The predicted octanol–water partition coefficient (Wildman–Crippen LogP) is 1.56. The Hall–Kier alpha value is -1.72. The number of aromatic nitrogens is 3. The lowest BCUT2D eigenvalue weighted by atomic mass is 10.1. The van der Waals surface area contributed by atoms with E-state index < -0.39 is 0 Å². The highest BCUT2D eigenvalue weighted by Crippen LogP contribution is 2.17. The lowest BCUT2D eigenvalue weighted by Crippen LogP contribution is -2.29. The van der Waals surface area contributed by atoms with Crippen molar-refractivity contribution >= 4 is 0 Å². The third-order valence-electron chi connectivity index (χ3n) is 3.67. The van der Waals surface area contributed by atoms with Crippen LogP contribution >= 0.6 is 0 Å². The molecule has 0 aromatic carbocycles. The fourth-order valence-corrected chi connectivity index (χ4v) is 2.83. The van der Waals surface area contributed by atoms with Gasteiger partial charge in [-0.15, -0.1) is 0 Å². The van der Waals surface area contributed by atoms with Crippen molar-refractivity contribution in [3.8, 4) is 0 Å². The first-order valence-electron chi connectivity index (χ1n) is 6.95. The Balaban J connectivity index is 1.76. The zero-order valence-electron chi connectivity index (χ0n) is 11.8. The van der Waals surface area contributed by atoms with E-state index in [-0.39, 0.29) is 0 Å². The molecule has 0 N–H and O–H groups in total. The van der Waals surface area contributed by atoms with E-state index in [0.717, 1.165) is 38.6 Å². The van der Waals surface area contributed by atoms with E-state index in [0.29, 0.717) is 5.92 Å². The maximum Gasteiger partial charge on any atom is 0.122 e. The summed E-state index contributed by atoms with van der Waals surface area (Å²) in [4.78, 5) is 11.1. The van der Waals surface area contributed by atoms with Crippen LogP contribution in [0.3, 0.4) is 0 Å². The summed E-state index contributed by atoms with van der Waals surface area (Å²) in [5, 5.41) is 0. The third-order valence-corrected chi connectivity index (χ3v) is 3.67. The number of hydrogen-bond acceptors (Lipinski definition) is 4. The van der Waals surface area contributed by atoms with Crippen LogP contribution < -0.4 is 0 Å². The van der Waals surface area contributed by atoms with Gasteiger partial charge < -0.3 is 9.30 Å². The summed E-state index contributed by atoms with van der Waals surface area (Å²) < 4.78 is 7.60. The van der Waals surface area contributed by atoms with Crippen LogP contribution in [-0.4, -0.2) is 39.7 Å². The summed E-state index contributed by atoms with van der Waals surface area (Å²) >= 11 is 0. The van der Waals surface area contributed by atoms with Gasteiger partial charge in [0, 0.05) is 57.4 Å². The molecule has 0 saturated heterocycles. The van der Waals surface area contributed by atoms with Crippen LogP contribution in [0.15, 0.2) is 36.9 Å². The Morgan fingerprint density at radius 1 is 1.35 bits per heavy atom. The predicted molar refractivity (Wildman–Crippen MR) is 75.9 cm³/mol. The molecular weight excluding hydrogens is 252 g/mol. The van der Waals surface area contributed by atoms with E-state index in [2.05, 4.69) is 31.7 Å². The molecule has 0 bridgehead atoms. The molecule has 3 rings (SSSR count). The molecule has 1 atom stereocenters. The van der Waals surface area contributed by atoms with Crippen LogP contribution in [0.5, 0.6) is 0 Å². The van der Waals surface area contributed by atoms with Gasteiger partial charge in [-0.2, -0.15) is 0 Å². The highest BCUT2D eigenvalue weighted by atomic mass is 16.5. The van der Waals surface area contributed by atoms with Crippen LogP contribution in [-0.2, 0) is 24.4 Å². The van der Waals surface area contributed by atoms with Gasteiger partial charge in [0.05, 0.1) is 13.2 Å². The van der Waals surface area contributed by atoms with Crippen molar-refractivity contribution in [1.29, 1.82) is 0 Å². The maximum atomic E-state index is 5.35. The Morgan fingerprint density at radius 2 is 2.30 bits per heavy atom. The summed E-state index contributed by atoms with van der Waals surface area (Å²) in [5.41, 5.74) is 1.24. The Bertz CT molecular complexity index is 540. The molecule has 1 aliphatic heterocycles. The van der Waals surface area contributed by atoms with Gasteiger partial charge in [-0.1, -0.05) is 6.07 Å². The molecule has 106 valence electrons. The van der Waals surface area contributed by atoms with Gasteiger partial charge in [-0.25, -0.2) is 4.98 Å². The van der Waals surface area contributed by atoms with Gasteiger partial charge in [0.25, 0.3) is 0 Å². The van der Waals surface area contributed by atoms with Gasteiger partial charge in [0.15, 0.2) is 0 Å². The number of pyridine rings is 1. The third kappa shape index (κ3) is 3.05. The van der Waals surface area contributed by atoms with Gasteiger partial charge in [0.2, 0.25) is 0 Å². The fourth-order valence-electron chi connectivity index (χ4n) is 2.83. The molecule has 0 amide bonds. The second-order valence-corrected chi connectivity index (χ2v) is 5.35. The minimum absolute atomic E-state index is 0.493. The van der Waals surface area contributed by atoms with Crippen molar-refractivity contribution < 1.29 is 4.74 Å². The lowest BCUT2D eigenvalue weighted by molar-refractivity contribution is 0.115. The largest absolute Gasteiger partial charge is 0.384 e. The molecule has 20 heavy (non-hydrogen) atoms. The Labute approximate surface area is 119 Å². The molecule has 0 aliphatic carbocycles. The minimum atomic E-state index is 0.493.